The first-order valence-corrected chi connectivity index (χ1v) is 9.11. The van der Waals surface area contributed by atoms with E-state index >= 15 is 0 Å². The SMILES string of the molecule is Cl.O=C(NCCc1nc2ccccc2s1)c1cccc2c1CCCN2. The zero-order chi connectivity index (χ0) is 16.4. The van der Waals surface area contributed by atoms with E-state index < -0.39 is 0 Å². The van der Waals surface area contributed by atoms with Crippen molar-refractivity contribution in [3.05, 3.63) is 58.6 Å². The van der Waals surface area contributed by atoms with Gasteiger partial charge >= 0.3 is 0 Å². The fraction of sp³-hybridized carbons (Fsp3) is 0.263. The van der Waals surface area contributed by atoms with Gasteiger partial charge in [0.15, 0.2) is 0 Å². The lowest BCUT2D eigenvalue weighted by Crippen LogP contribution is -2.27. The molecule has 0 radical (unpaired) electrons. The highest BCUT2D eigenvalue weighted by molar-refractivity contribution is 7.18. The number of hydrogen-bond acceptors (Lipinski definition) is 4. The fourth-order valence-corrected chi connectivity index (χ4v) is 4.09. The number of carbonyl (C=O) groups excluding carboxylic acids is 1. The number of halogens is 1. The van der Waals surface area contributed by atoms with Crippen LogP contribution in [0, 0.1) is 0 Å². The standard InChI is InChI=1S/C19H19N3OS.ClH/c23-19(14-5-3-8-15-13(14)6-4-11-20-15)21-12-10-18-22-16-7-1-2-9-17(16)24-18;/h1-3,5,7-9,20H,4,6,10-12H2,(H,21,23);1H. The van der Waals surface area contributed by atoms with Crippen LogP contribution in [0.1, 0.15) is 27.3 Å². The Morgan fingerprint density at radius 2 is 2.08 bits per heavy atom. The highest BCUT2D eigenvalue weighted by Crippen LogP contribution is 2.25. The number of nitrogens with zero attached hydrogens (tertiary/aromatic N) is 1. The van der Waals surface area contributed by atoms with Crippen LogP contribution >= 0.6 is 23.7 Å². The van der Waals surface area contributed by atoms with Crippen LogP contribution in [0.4, 0.5) is 5.69 Å². The predicted octanol–water partition coefficient (Wildman–Crippen LogP) is 4.05. The monoisotopic (exact) mass is 373 g/mol. The molecule has 1 aliphatic heterocycles. The van der Waals surface area contributed by atoms with Gasteiger partial charge < -0.3 is 10.6 Å². The maximum absolute atomic E-state index is 12.5. The van der Waals surface area contributed by atoms with Crippen molar-refractivity contribution >= 4 is 45.6 Å². The molecule has 0 spiro atoms. The average Bonchev–Trinajstić information content (AvgIpc) is 3.04. The summed E-state index contributed by atoms with van der Waals surface area (Å²) in [6.45, 7) is 1.59. The number of thiazole rings is 1. The molecule has 0 fully saturated rings. The Morgan fingerprint density at radius 3 is 2.96 bits per heavy atom. The summed E-state index contributed by atoms with van der Waals surface area (Å²) < 4.78 is 1.20. The smallest absolute Gasteiger partial charge is 0.251 e. The third-order valence-corrected chi connectivity index (χ3v) is 5.40. The molecule has 25 heavy (non-hydrogen) atoms. The average molecular weight is 374 g/mol. The minimum atomic E-state index is 0. The summed E-state index contributed by atoms with van der Waals surface area (Å²) in [6, 6.07) is 14.0. The molecule has 1 aliphatic rings. The largest absolute Gasteiger partial charge is 0.385 e. The van der Waals surface area contributed by atoms with Crippen molar-refractivity contribution in [1.29, 1.82) is 0 Å². The first-order chi connectivity index (χ1) is 11.8. The molecule has 0 saturated heterocycles. The number of hydrogen-bond donors (Lipinski definition) is 2. The van der Waals surface area contributed by atoms with Crippen molar-refractivity contribution in [2.24, 2.45) is 0 Å². The van der Waals surface area contributed by atoms with Crippen molar-refractivity contribution < 1.29 is 4.79 Å². The summed E-state index contributed by atoms with van der Waals surface area (Å²) >= 11 is 1.70. The summed E-state index contributed by atoms with van der Waals surface area (Å²) in [5, 5.41) is 7.47. The molecule has 2 N–H and O–H groups in total. The minimum Gasteiger partial charge on any atom is -0.385 e. The third-order valence-electron chi connectivity index (χ3n) is 4.30. The predicted molar refractivity (Wildman–Crippen MR) is 106 cm³/mol. The lowest BCUT2D eigenvalue weighted by atomic mass is 9.97. The summed E-state index contributed by atoms with van der Waals surface area (Å²) in [5.74, 6) is 0.0108. The molecule has 2 heterocycles. The van der Waals surface area contributed by atoms with Crippen molar-refractivity contribution in [1.82, 2.24) is 10.3 Å². The van der Waals surface area contributed by atoms with Gasteiger partial charge in [0.05, 0.1) is 15.2 Å². The van der Waals surface area contributed by atoms with E-state index in [0.29, 0.717) is 6.54 Å². The molecule has 1 amide bonds. The number of carbonyl (C=O) groups is 1. The number of rotatable bonds is 4. The topological polar surface area (TPSA) is 54.0 Å². The Morgan fingerprint density at radius 1 is 1.20 bits per heavy atom. The highest BCUT2D eigenvalue weighted by atomic mass is 35.5. The van der Waals surface area contributed by atoms with Gasteiger partial charge in [0.25, 0.3) is 5.91 Å². The van der Waals surface area contributed by atoms with Crippen LogP contribution in [-0.4, -0.2) is 24.0 Å². The van der Waals surface area contributed by atoms with E-state index in [9.17, 15) is 4.79 Å². The molecular formula is C19H20ClN3OS. The molecule has 0 bridgehead atoms. The number of nitrogens with one attached hydrogen (secondary N) is 2. The van der Waals surface area contributed by atoms with Crippen molar-refractivity contribution in [2.45, 2.75) is 19.3 Å². The molecule has 4 rings (SSSR count). The van der Waals surface area contributed by atoms with E-state index in [0.717, 1.165) is 53.1 Å². The van der Waals surface area contributed by atoms with Crippen LogP contribution < -0.4 is 10.6 Å². The van der Waals surface area contributed by atoms with Gasteiger partial charge in [-0.25, -0.2) is 4.98 Å². The van der Waals surface area contributed by atoms with Crippen molar-refractivity contribution in [3.63, 3.8) is 0 Å². The van der Waals surface area contributed by atoms with E-state index in [1.54, 1.807) is 11.3 Å². The lowest BCUT2D eigenvalue weighted by molar-refractivity contribution is 0.0953. The molecule has 3 aromatic rings. The second-order valence-corrected chi connectivity index (χ2v) is 7.06. The van der Waals surface area contributed by atoms with E-state index in [-0.39, 0.29) is 18.3 Å². The van der Waals surface area contributed by atoms with E-state index in [2.05, 4.69) is 21.7 Å². The van der Waals surface area contributed by atoms with E-state index in [1.807, 2.05) is 36.4 Å². The molecule has 0 aliphatic carbocycles. The van der Waals surface area contributed by atoms with Gasteiger partial charge in [-0.15, -0.1) is 23.7 Å². The molecule has 6 heteroatoms. The maximum Gasteiger partial charge on any atom is 0.251 e. The first-order valence-electron chi connectivity index (χ1n) is 8.30. The zero-order valence-corrected chi connectivity index (χ0v) is 15.4. The Labute approximate surface area is 157 Å². The zero-order valence-electron chi connectivity index (χ0n) is 13.7. The summed E-state index contributed by atoms with van der Waals surface area (Å²) in [6.07, 6.45) is 2.80. The van der Waals surface area contributed by atoms with Crippen LogP contribution in [0.25, 0.3) is 10.2 Å². The summed E-state index contributed by atoms with van der Waals surface area (Å²) in [5.41, 5.74) is 4.07. The molecule has 130 valence electrons. The Hall–Kier alpha value is -2.11. The number of benzene rings is 2. The molecule has 0 unspecified atom stereocenters. The lowest BCUT2D eigenvalue weighted by Gasteiger charge is -2.20. The number of para-hydroxylation sites is 1. The summed E-state index contributed by atoms with van der Waals surface area (Å²) in [4.78, 5) is 17.1. The van der Waals surface area contributed by atoms with Crippen LogP contribution in [0.3, 0.4) is 0 Å². The second kappa shape index (κ2) is 7.85. The third kappa shape index (κ3) is 3.78. The highest BCUT2D eigenvalue weighted by Gasteiger charge is 2.17. The van der Waals surface area contributed by atoms with Crippen molar-refractivity contribution in [3.8, 4) is 0 Å². The molecular weight excluding hydrogens is 354 g/mol. The van der Waals surface area contributed by atoms with Crippen LogP contribution in [0.15, 0.2) is 42.5 Å². The molecule has 2 aromatic carbocycles. The van der Waals surface area contributed by atoms with Gasteiger partial charge in [-0.1, -0.05) is 18.2 Å². The summed E-state index contributed by atoms with van der Waals surface area (Å²) in [7, 11) is 0. The van der Waals surface area contributed by atoms with Gasteiger partial charge in [0, 0.05) is 30.8 Å². The normalized spacial score (nSPS) is 12.8. The molecule has 1 aromatic heterocycles. The Balaban J connectivity index is 0.00000182. The van der Waals surface area contributed by atoms with E-state index in [1.165, 1.54) is 4.70 Å². The molecule has 0 atom stereocenters. The quantitative estimate of drug-likeness (QED) is 0.725. The maximum atomic E-state index is 12.5. The second-order valence-electron chi connectivity index (χ2n) is 5.94. The van der Waals surface area contributed by atoms with Gasteiger partial charge in [-0.05, 0) is 42.7 Å². The Kier molecular flexibility index (Phi) is 5.56. The Bertz CT molecular complexity index is 860. The molecule has 0 saturated carbocycles. The van der Waals surface area contributed by atoms with Crippen molar-refractivity contribution in [2.75, 3.05) is 18.4 Å². The van der Waals surface area contributed by atoms with Gasteiger partial charge in [-0.3, -0.25) is 4.79 Å². The van der Waals surface area contributed by atoms with E-state index in [4.69, 9.17) is 0 Å². The van der Waals surface area contributed by atoms with Crippen LogP contribution in [-0.2, 0) is 12.8 Å². The number of fused-ring (bicyclic) bond motifs is 2. The van der Waals surface area contributed by atoms with Crippen LogP contribution in [0.5, 0.6) is 0 Å². The van der Waals surface area contributed by atoms with Gasteiger partial charge in [0.2, 0.25) is 0 Å². The fourth-order valence-electron chi connectivity index (χ4n) is 3.13. The number of aromatic nitrogens is 1. The minimum absolute atomic E-state index is 0. The van der Waals surface area contributed by atoms with Gasteiger partial charge in [0.1, 0.15) is 0 Å². The molecule has 4 nitrogen and oxygen atoms in total. The number of anilines is 1. The number of amides is 1. The van der Waals surface area contributed by atoms with Crippen LogP contribution in [0.2, 0.25) is 0 Å². The van der Waals surface area contributed by atoms with Gasteiger partial charge in [-0.2, -0.15) is 0 Å². The first kappa shape index (κ1) is 17.7.